The number of hydrogen-bond donors (Lipinski definition) is 2. The Bertz CT molecular complexity index is 530. The molecule has 0 radical (unpaired) electrons. The van der Waals surface area contributed by atoms with E-state index in [4.69, 9.17) is 11.6 Å². The van der Waals surface area contributed by atoms with E-state index in [1.165, 1.54) is 32.4 Å². The third-order valence-electron chi connectivity index (χ3n) is 1.96. The van der Waals surface area contributed by atoms with Gasteiger partial charge in [-0.15, -0.1) is 0 Å². The van der Waals surface area contributed by atoms with Crippen molar-refractivity contribution in [2.75, 3.05) is 14.2 Å². The number of benzene rings is 1. The zero-order valence-electron chi connectivity index (χ0n) is 9.15. The summed E-state index contributed by atoms with van der Waals surface area (Å²) in [6, 6.07) is 3.80. The largest absolute Gasteiger partial charge is 0.277 e. The molecular formula is C9H11ClN2O4S. The number of carbonyl (C=O) groups is 1. The summed E-state index contributed by atoms with van der Waals surface area (Å²) in [4.78, 5) is 15.9. The predicted molar refractivity (Wildman–Crippen MR) is 62.2 cm³/mol. The molecule has 0 spiro atoms. The van der Waals surface area contributed by atoms with Crippen LogP contribution in [0.15, 0.2) is 23.1 Å². The number of hydrogen-bond acceptors (Lipinski definition) is 4. The molecule has 8 heteroatoms. The van der Waals surface area contributed by atoms with Crippen LogP contribution in [0.5, 0.6) is 0 Å². The van der Waals surface area contributed by atoms with Gasteiger partial charge >= 0.3 is 0 Å². The molecule has 0 fully saturated rings. The van der Waals surface area contributed by atoms with Crippen molar-refractivity contribution in [1.82, 2.24) is 10.2 Å². The molecule has 0 aliphatic heterocycles. The van der Waals surface area contributed by atoms with Gasteiger partial charge in [0.2, 0.25) is 10.0 Å². The maximum Gasteiger partial charge on any atom is 0.276 e. The van der Waals surface area contributed by atoms with Crippen molar-refractivity contribution in [3.05, 3.63) is 28.8 Å². The first-order valence-electron chi connectivity index (χ1n) is 4.49. The van der Waals surface area contributed by atoms with E-state index in [2.05, 4.69) is 15.0 Å². The molecule has 94 valence electrons. The molecule has 1 amide bonds. The van der Waals surface area contributed by atoms with E-state index >= 15 is 0 Å². The molecule has 17 heavy (non-hydrogen) atoms. The van der Waals surface area contributed by atoms with Crippen LogP contribution >= 0.6 is 11.6 Å². The monoisotopic (exact) mass is 278 g/mol. The molecule has 0 saturated carbocycles. The minimum atomic E-state index is -3.62. The van der Waals surface area contributed by atoms with E-state index < -0.39 is 15.9 Å². The fourth-order valence-electron chi connectivity index (χ4n) is 1.11. The molecule has 0 saturated heterocycles. The minimum Gasteiger partial charge on any atom is -0.277 e. The fourth-order valence-corrected chi connectivity index (χ4v) is 2.07. The summed E-state index contributed by atoms with van der Waals surface area (Å²) >= 11 is 5.79. The highest BCUT2D eigenvalue weighted by Gasteiger charge is 2.17. The second kappa shape index (κ2) is 5.46. The molecule has 6 nitrogen and oxygen atoms in total. The summed E-state index contributed by atoms with van der Waals surface area (Å²) in [5.41, 5.74) is 2.08. The van der Waals surface area contributed by atoms with Gasteiger partial charge in [0.05, 0.1) is 22.6 Å². The molecule has 0 bridgehead atoms. The van der Waals surface area contributed by atoms with Crippen molar-refractivity contribution in [1.29, 1.82) is 0 Å². The second-order valence-electron chi connectivity index (χ2n) is 2.98. The van der Waals surface area contributed by atoms with Crippen LogP contribution in [-0.4, -0.2) is 28.5 Å². The average molecular weight is 279 g/mol. The Morgan fingerprint density at radius 3 is 2.59 bits per heavy atom. The van der Waals surface area contributed by atoms with Crippen molar-refractivity contribution in [3.8, 4) is 0 Å². The lowest BCUT2D eigenvalue weighted by molar-refractivity contribution is 0.0537. The van der Waals surface area contributed by atoms with E-state index in [0.29, 0.717) is 0 Å². The minimum absolute atomic E-state index is 0.0184. The van der Waals surface area contributed by atoms with Gasteiger partial charge in [-0.1, -0.05) is 11.6 Å². The van der Waals surface area contributed by atoms with E-state index in [1.54, 1.807) is 0 Å². The standard InChI is InChI=1S/C9H11ClN2O4S/c1-11-17(14,15)6-3-4-8(10)7(5-6)9(13)12-16-2/h3-5,11H,1-2H3,(H,12,13). The first-order valence-corrected chi connectivity index (χ1v) is 6.35. The van der Waals surface area contributed by atoms with Crippen molar-refractivity contribution in [2.45, 2.75) is 4.90 Å². The first-order chi connectivity index (χ1) is 7.92. The lowest BCUT2D eigenvalue weighted by Crippen LogP contribution is -2.23. The molecule has 0 atom stereocenters. The van der Waals surface area contributed by atoms with Crippen LogP contribution < -0.4 is 10.2 Å². The molecule has 0 aliphatic carbocycles. The van der Waals surface area contributed by atoms with Gasteiger partial charge in [0.1, 0.15) is 0 Å². The molecule has 0 aliphatic rings. The molecule has 1 aromatic carbocycles. The topological polar surface area (TPSA) is 84.5 Å². The fraction of sp³-hybridized carbons (Fsp3) is 0.222. The molecule has 0 aromatic heterocycles. The van der Waals surface area contributed by atoms with Gasteiger partial charge in [-0.3, -0.25) is 9.63 Å². The first kappa shape index (κ1) is 13.9. The Balaban J connectivity index is 3.25. The Hall–Kier alpha value is -1.15. The maximum atomic E-state index is 11.5. The van der Waals surface area contributed by atoms with Gasteiger partial charge in [0.25, 0.3) is 5.91 Å². The van der Waals surface area contributed by atoms with Crippen molar-refractivity contribution >= 4 is 27.5 Å². The lowest BCUT2D eigenvalue weighted by Gasteiger charge is -2.07. The second-order valence-corrected chi connectivity index (χ2v) is 5.28. The average Bonchev–Trinajstić information content (AvgIpc) is 2.29. The Morgan fingerprint density at radius 1 is 1.41 bits per heavy atom. The number of carbonyl (C=O) groups excluding carboxylic acids is 1. The number of amides is 1. The van der Waals surface area contributed by atoms with Gasteiger partial charge in [0.15, 0.2) is 0 Å². The quantitative estimate of drug-likeness (QED) is 0.787. The van der Waals surface area contributed by atoms with Crippen LogP contribution in [0.3, 0.4) is 0 Å². The van der Waals surface area contributed by atoms with Gasteiger partial charge in [-0.05, 0) is 25.2 Å². The van der Waals surface area contributed by atoms with Crippen LogP contribution in [0, 0.1) is 0 Å². The zero-order chi connectivity index (χ0) is 13.1. The van der Waals surface area contributed by atoms with Gasteiger partial charge in [0, 0.05) is 0 Å². The van der Waals surface area contributed by atoms with Crippen molar-refractivity contribution in [2.24, 2.45) is 0 Å². The zero-order valence-corrected chi connectivity index (χ0v) is 10.7. The molecule has 0 heterocycles. The SMILES string of the molecule is CNS(=O)(=O)c1ccc(Cl)c(C(=O)NOC)c1. The third kappa shape index (κ3) is 3.16. The van der Waals surface area contributed by atoms with Crippen molar-refractivity contribution < 1.29 is 18.0 Å². The van der Waals surface area contributed by atoms with Gasteiger partial charge in [-0.2, -0.15) is 0 Å². The lowest BCUT2D eigenvalue weighted by atomic mass is 10.2. The third-order valence-corrected chi connectivity index (χ3v) is 3.70. The van der Waals surface area contributed by atoms with Gasteiger partial charge in [-0.25, -0.2) is 18.6 Å². The predicted octanol–water partition coefficient (Wildman–Crippen LogP) is 0.539. The van der Waals surface area contributed by atoms with Crippen LogP contribution in [0.4, 0.5) is 0 Å². The normalized spacial score (nSPS) is 11.2. The van der Waals surface area contributed by atoms with Crippen molar-refractivity contribution in [3.63, 3.8) is 0 Å². The molecule has 2 N–H and O–H groups in total. The van der Waals surface area contributed by atoms with Crippen LogP contribution in [0.2, 0.25) is 5.02 Å². The van der Waals surface area contributed by atoms with Crippen LogP contribution in [0.1, 0.15) is 10.4 Å². The summed E-state index contributed by atoms with van der Waals surface area (Å²) in [6.07, 6.45) is 0. The van der Waals surface area contributed by atoms with E-state index in [9.17, 15) is 13.2 Å². The summed E-state index contributed by atoms with van der Waals surface area (Å²) in [6.45, 7) is 0. The highest BCUT2D eigenvalue weighted by molar-refractivity contribution is 7.89. The Morgan fingerprint density at radius 2 is 2.06 bits per heavy atom. The summed E-state index contributed by atoms with van der Waals surface area (Å²) < 4.78 is 25.2. The molecular weight excluding hydrogens is 268 g/mol. The van der Waals surface area contributed by atoms with E-state index in [0.717, 1.165) is 0 Å². The highest BCUT2D eigenvalue weighted by Crippen LogP contribution is 2.20. The Labute approximate surface area is 104 Å². The highest BCUT2D eigenvalue weighted by atomic mass is 35.5. The van der Waals surface area contributed by atoms with Gasteiger partial charge < -0.3 is 0 Å². The van der Waals surface area contributed by atoms with E-state index in [1.807, 2.05) is 0 Å². The molecule has 1 aromatic rings. The molecule has 1 rings (SSSR count). The maximum absolute atomic E-state index is 11.5. The van der Waals surface area contributed by atoms with Crippen LogP contribution in [-0.2, 0) is 14.9 Å². The van der Waals surface area contributed by atoms with Crippen LogP contribution in [0.25, 0.3) is 0 Å². The summed E-state index contributed by atoms with van der Waals surface area (Å²) in [5.74, 6) is -0.620. The summed E-state index contributed by atoms with van der Waals surface area (Å²) in [5, 5.41) is 0.134. The Kier molecular flexibility index (Phi) is 4.47. The number of nitrogens with one attached hydrogen (secondary N) is 2. The smallest absolute Gasteiger partial charge is 0.276 e. The number of halogens is 1. The van der Waals surface area contributed by atoms with E-state index in [-0.39, 0.29) is 15.5 Å². The number of rotatable bonds is 4. The number of sulfonamides is 1. The molecule has 0 unspecified atom stereocenters. The number of hydroxylamine groups is 1. The summed E-state index contributed by atoms with van der Waals surface area (Å²) in [7, 11) is -1.07.